The van der Waals surface area contributed by atoms with Crippen LogP contribution in [0.25, 0.3) is 0 Å². The summed E-state index contributed by atoms with van der Waals surface area (Å²) >= 11 is 0. The Morgan fingerprint density at radius 3 is 2.43 bits per heavy atom. The van der Waals surface area contributed by atoms with Crippen LogP contribution in [0.3, 0.4) is 0 Å². The molecule has 0 bridgehead atoms. The minimum atomic E-state index is -0.939. The lowest BCUT2D eigenvalue weighted by Gasteiger charge is -2.13. The monoisotopic (exact) mass is 385 g/mol. The average molecular weight is 385 g/mol. The lowest BCUT2D eigenvalue weighted by Crippen LogP contribution is -2.25. The van der Waals surface area contributed by atoms with E-state index in [0.29, 0.717) is 35.5 Å². The Morgan fingerprint density at radius 1 is 1.14 bits per heavy atom. The van der Waals surface area contributed by atoms with Crippen LogP contribution in [0.1, 0.15) is 64.9 Å². The number of aromatic amines is 1. The van der Waals surface area contributed by atoms with Crippen molar-refractivity contribution in [1.82, 2.24) is 4.98 Å². The third-order valence-corrected chi connectivity index (χ3v) is 4.58. The highest BCUT2D eigenvalue weighted by Gasteiger charge is 2.25. The van der Waals surface area contributed by atoms with E-state index < -0.39 is 12.1 Å². The molecule has 0 saturated heterocycles. The maximum atomic E-state index is 12.7. The molecule has 0 saturated carbocycles. The van der Waals surface area contributed by atoms with Crippen LogP contribution in [0.2, 0.25) is 0 Å². The summed E-state index contributed by atoms with van der Waals surface area (Å²) in [4.78, 5) is 39.6. The number of nitrogens with one attached hydrogen (secondary N) is 1. The number of rotatable bonds is 9. The van der Waals surface area contributed by atoms with E-state index in [2.05, 4.69) is 4.98 Å². The van der Waals surface area contributed by atoms with E-state index in [1.165, 1.54) is 13.8 Å². The van der Waals surface area contributed by atoms with Crippen LogP contribution in [0.15, 0.2) is 24.3 Å². The Bertz CT molecular complexity index is 881. The number of benzene rings is 1. The third-order valence-electron chi connectivity index (χ3n) is 4.58. The standard InChI is InChI=1S/C22H27NO5/c1-6-27-18-10-8-7-9-17(18)11-12-19(25)28-16(5)22(26)21-13(2)20(15(4)24)14(3)23-21/h7-10,16,23H,6,11-12H2,1-5H3/t16-/m0/s1. The van der Waals surface area contributed by atoms with Crippen molar-refractivity contribution in [2.75, 3.05) is 6.61 Å². The first-order valence-corrected chi connectivity index (χ1v) is 9.40. The minimum absolute atomic E-state index is 0.108. The van der Waals surface area contributed by atoms with Crippen LogP contribution in [0.5, 0.6) is 5.75 Å². The molecule has 0 amide bonds. The molecule has 0 aliphatic rings. The van der Waals surface area contributed by atoms with Gasteiger partial charge in [-0.25, -0.2) is 0 Å². The Labute approximate surface area is 165 Å². The van der Waals surface area contributed by atoms with Crippen LogP contribution in [0, 0.1) is 13.8 Å². The first-order chi connectivity index (χ1) is 13.3. The van der Waals surface area contributed by atoms with Gasteiger partial charge in [0.1, 0.15) is 5.75 Å². The number of ether oxygens (including phenoxy) is 2. The SMILES string of the molecule is CCOc1ccccc1CCC(=O)O[C@@H](C)C(=O)c1[nH]c(C)c(C(C)=O)c1C. The number of hydrogen-bond acceptors (Lipinski definition) is 5. The molecule has 28 heavy (non-hydrogen) atoms. The molecular weight excluding hydrogens is 358 g/mol. The van der Waals surface area contributed by atoms with Gasteiger partial charge in [0.05, 0.1) is 12.3 Å². The lowest BCUT2D eigenvalue weighted by molar-refractivity contribution is -0.146. The first kappa shape index (κ1) is 21.4. The van der Waals surface area contributed by atoms with Crippen LogP contribution in [-0.4, -0.2) is 35.2 Å². The van der Waals surface area contributed by atoms with Gasteiger partial charge in [-0.05, 0) is 58.2 Å². The fourth-order valence-corrected chi connectivity index (χ4v) is 3.28. The van der Waals surface area contributed by atoms with E-state index in [0.717, 1.165) is 11.3 Å². The molecular formula is C22H27NO5. The summed E-state index contributed by atoms with van der Waals surface area (Å²) in [5.41, 5.74) is 2.96. The van der Waals surface area contributed by atoms with Gasteiger partial charge >= 0.3 is 5.97 Å². The van der Waals surface area contributed by atoms with E-state index in [-0.39, 0.29) is 18.0 Å². The Kier molecular flexibility index (Phi) is 7.15. The zero-order chi connectivity index (χ0) is 20.8. The highest BCUT2D eigenvalue weighted by atomic mass is 16.5. The molecule has 0 aliphatic heterocycles. The summed E-state index contributed by atoms with van der Waals surface area (Å²) in [6, 6.07) is 7.53. The predicted octanol–water partition coefficient (Wildman–Crippen LogP) is 3.98. The van der Waals surface area contributed by atoms with E-state index >= 15 is 0 Å². The second-order valence-electron chi connectivity index (χ2n) is 6.72. The van der Waals surface area contributed by atoms with Gasteiger partial charge in [0.2, 0.25) is 5.78 Å². The molecule has 0 fully saturated rings. The van der Waals surface area contributed by atoms with Crippen molar-refractivity contribution in [2.24, 2.45) is 0 Å². The van der Waals surface area contributed by atoms with Gasteiger partial charge in [-0.15, -0.1) is 0 Å². The van der Waals surface area contributed by atoms with Crippen LogP contribution >= 0.6 is 0 Å². The zero-order valence-corrected chi connectivity index (χ0v) is 17.0. The Balaban J connectivity index is 2.00. The van der Waals surface area contributed by atoms with E-state index in [4.69, 9.17) is 9.47 Å². The van der Waals surface area contributed by atoms with Gasteiger partial charge in [-0.2, -0.15) is 0 Å². The molecule has 150 valence electrons. The average Bonchev–Trinajstić information content (AvgIpc) is 2.94. The van der Waals surface area contributed by atoms with Crippen molar-refractivity contribution in [2.45, 2.75) is 53.6 Å². The number of carbonyl (C=O) groups excluding carboxylic acids is 3. The predicted molar refractivity (Wildman–Crippen MR) is 106 cm³/mol. The van der Waals surface area contributed by atoms with Gasteiger partial charge in [0.15, 0.2) is 11.9 Å². The number of aromatic nitrogens is 1. The molecule has 1 N–H and O–H groups in total. The number of aryl methyl sites for hydroxylation is 2. The van der Waals surface area contributed by atoms with Gasteiger partial charge < -0.3 is 14.5 Å². The topological polar surface area (TPSA) is 85.5 Å². The summed E-state index contributed by atoms with van der Waals surface area (Å²) in [5.74, 6) is -0.171. The van der Waals surface area contributed by atoms with Gasteiger partial charge in [0, 0.05) is 17.7 Å². The fraction of sp³-hybridized carbons (Fsp3) is 0.409. The second kappa shape index (κ2) is 9.35. The number of para-hydroxylation sites is 1. The minimum Gasteiger partial charge on any atom is -0.494 e. The van der Waals surface area contributed by atoms with Crippen molar-refractivity contribution in [3.8, 4) is 5.75 Å². The molecule has 0 spiro atoms. The normalized spacial score (nSPS) is 11.8. The van der Waals surface area contributed by atoms with Gasteiger partial charge in [-0.3, -0.25) is 14.4 Å². The van der Waals surface area contributed by atoms with E-state index in [1.54, 1.807) is 13.8 Å². The third kappa shape index (κ3) is 4.88. The maximum Gasteiger partial charge on any atom is 0.306 e. The Hall–Kier alpha value is -2.89. The quantitative estimate of drug-likeness (QED) is 0.521. The summed E-state index contributed by atoms with van der Waals surface area (Å²) < 4.78 is 10.9. The molecule has 1 aromatic carbocycles. The molecule has 6 nitrogen and oxygen atoms in total. The molecule has 2 aromatic rings. The summed E-state index contributed by atoms with van der Waals surface area (Å²) in [5, 5.41) is 0. The second-order valence-corrected chi connectivity index (χ2v) is 6.72. The number of H-pyrrole nitrogens is 1. The smallest absolute Gasteiger partial charge is 0.306 e. The molecule has 0 aliphatic carbocycles. The van der Waals surface area contributed by atoms with Crippen molar-refractivity contribution < 1.29 is 23.9 Å². The van der Waals surface area contributed by atoms with Crippen molar-refractivity contribution in [3.63, 3.8) is 0 Å². The van der Waals surface area contributed by atoms with Gasteiger partial charge in [0.25, 0.3) is 0 Å². The van der Waals surface area contributed by atoms with Crippen LogP contribution in [-0.2, 0) is 16.0 Å². The summed E-state index contributed by atoms with van der Waals surface area (Å²) in [6.07, 6.45) is -0.333. The number of esters is 1. The largest absolute Gasteiger partial charge is 0.494 e. The zero-order valence-electron chi connectivity index (χ0n) is 17.0. The van der Waals surface area contributed by atoms with E-state index in [1.807, 2.05) is 31.2 Å². The van der Waals surface area contributed by atoms with Gasteiger partial charge in [-0.1, -0.05) is 18.2 Å². The number of ketones is 2. The number of Topliss-reactive ketones (excluding diaryl/α,β-unsaturated/α-hetero) is 2. The van der Waals surface area contributed by atoms with Crippen molar-refractivity contribution in [3.05, 3.63) is 52.3 Å². The summed E-state index contributed by atoms with van der Waals surface area (Å²) in [7, 11) is 0. The lowest BCUT2D eigenvalue weighted by atomic mass is 10.0. The number of hydrogen-bond donors (Lipinski definition) is 1. The van der Waals surface area contributed by atoms with E-state index in [9.17, 15) is 14.4 Å². The number of carbonyl (C=O) groups is 3. The summed E-state index contributed by atoms with van der Waals surface area (Å²) in [6.45, 7) is 8.91. The molecule has 6 heteroatoms. The molecule has 1 aromatic heterocycles. The molecule has 0 unspecified atom stereocenters. The maximum absolute atomic E-state index is 12.7. The highest BCUT2D eigenvalue weighted by molar-refractivity contribution is 6.05. The Morgan fingerprint density at radius 2 is 1.82 bits per heavy atom. The fourth-order valence-electron chi connectivity index (χ4n) is 3.28. The molecule has 1 atom stereocenters. The van der Waals surface area contributed by atoms with Crippen LogP contribution in [0.4, 0.5) is 0 Å². The molecule has 2 rings (SSSR count). The van der Waals surface area contributed by atoms with Crippen molar-refractivity contribution >= 4 is 17.5 Å². The van der Waals surface area contributed by atoms with Crippen LogP contribution < -0.4 is 4.74 Å². The first-order valence-electron chi connectivity index (χ1n) is 9.40. The molecule has 1 heterocycles. The molecule has 0 radical (unpaired) electrons. The highest BCUT2D eigenvalue weighted by Crippen LogP contribution is 2.22. The van der Waals surface area contributed by atoms with Crippen molar-refractivity contribution in [1.29, 1.82) is 0 Å².